The molecule has 0 fully saturated rings. The van der Waals surface area contributed by atoms with E-state index in [4.69, 9.17) is 0 Å². The summed E-state index contributed by atoms with van der Waals surface area (Å²) in [6.07, 6.45) is 0. The van der Waals surface area contributed by atoms with Gasteiger partial charge in [-0.05, 0) is 55.0 Å². The number of nitrogens with zero attached hydrogens (tertiary/aromatic N) is 4. The first-order chi connectivity index (χ1) is 8.84. The van der Waals surface area contributed by atoms with Crippen molar-refractivity contribution in [3.05, 3.63) is 29.6 Å². The quantitative estimate of drug-likeness (QED) is 0.910. The molecule has 0 atom stereocenters. The first-order valence-corrected chi connectivity index (χ1v) is 5.63. The molecule has 0 saturated carbocycles. The number of aliphatic carboxylic acids is 1. The van der Waals surface area contributed by atoms with Gasteiger partial charge in [-0.25, -0.2) is 13.9 Å². The molecule has 0 unspecified atom stereocenters. The summed E-state index contributed by atoms with van der Waals surface area (Å²) in [5.41, 5.74) is -0.0578. The Hall–Kier alpha value is -2.31. The van der Waals surface area contributed by atoms with Gasteiger partial charge in [0.05, 0.1) is 0 Å². The molecule has 7 heteroatoms. The number of carboxylic acids is 1. The highest BCUT2D eigenvalue weighted by Crippen LogP contribution is 2.26. The zero-order chi connectivity index (χ0) is 14.2. The fraction of sp³-hybridized carbons (Fsp3) is 0.333. The van der Waals surface area contributed by atoms with E-state index in [-0.39, 0.29) is 5.82 Å². The molecule has 0 aliphatic carbocycles. The predicted molar refractivity (Wildman–Crippen MR) is 64.9 cm³/mol. The summed E-state index contributed by atoms with van der Waals surface area (Å²) in [7, 11) is 0. The van der Waals surface area contributed by atoms with E-state index in [0.29, 0.717) is 17.0 Å². The Kier molecular flexibility index (Phi) is 3.05. The summed E-state index contributed by atoms with van der Waals surface area (Å²) < 4.78 is 14.3. The van der Waals surface area contributed by atoms with E-state index in [1.807, 2.05) is 0 Å². The maximum atomic E-state index is 13.1. The van der Waals surface area contributed by atoms with Crippen LogP contribution in [-0.4, -0.2) is 31.3 Å². The van der Waals surface area contributed by atoms with Crippen molar-refractivity contribution in [1.29, 1.82) is 0 Å². The van der Waals surface area contributed by atoms with Crippen LogP contribution < -0.4 is 0 Å². The van der Waals surface area contributed by atoms with Crippen LogP contribution in [0.3, 0.4) is 0 Å². The van der Waals surface area contributed by atoms with Crippen LogP contribution in [-0.2, 0) is 10.3 Å². The molecule has 1 aromatic carbocycles. The van der Waals surface area contributed by atoms with Gasteiger partial charge in [-0.3, -0.25) is 0 Å². The number of hydrogen-bond acceptors (Lipinski definition) is 4. The molecule has 0 amide bonds. The van der Waals surface area contributed by atoms with Crippen molar-refractivity contribution in [3.8, 4) is 11.4 Å². The van der Waals surface area contributed by atoms with Crippen molar-refractivity contribution in [2.24, 2.45) is 0 Å². The van der Waals surface area contributed by atoms with Crippen LogP contribution in [0, 0.1) is 12.7 Å². The zero-order valence-electron chi connectivity index (χ0n) is 10.8. The molecular formula is C12H13FN4O2. The van der Waals surface area contributed by atoms with Crippen molar-refractivity contribution in [1.82, 2.24) is 20.2 Å². The maximum absolute atomic E-state index is 13.1. The first-order valence-electron chi connectivity index (χ1n) is 5.63. The van der Waals surface area contributed by atoms with E-state index in [0.717, 1.165) is 0 Å². The van der Waals surface area contributed by atoms with Crippen molar-refractivity contribution >= 4 is 5.97 Å². The van der Waals surface area contributed by atoms with E-state index in [1.165, 1.54) is 36.7 Å². The maximum Gasteiger partial charge on any atom is 0.331 e. The third-order valence-corrected chi connectivity index (χ3v) is 2.95. The first kappa shape index (κ1) is 13.1. The fourth-order valence-electron chi connectivity index (χ4n) is 1.70. The molecule has 1 N–H and O–H groups in total. The number of carbonyl (C=O) groups is 1. The number of aryl methyl sites for hydroxylation is 1. The minimum absolute atomic E-state index is 0.296. The Bertz CT molecular complexity index is 636. The monoisotopic (exact) mass is 264 g/mol. The van der Waals surface area contributed by atoms with Crippen LogP contribution >= 0.6 is 0 Å². The SMILES string of the molecule is Cc1cc(F)ccc1-c1nnnn1C(C)(C)C(=O)O. The number of carboxylic acid groups (broad SMARTS) is 1. The lowest BCUT2D eigenvalue weighted by Crippen LogP contribution is -2.37. The van der Waals surface area contributed by atoms with Crippen molar-refractivity contribution in [3.63, 3.8) is 0 Å². The van der Waals surface area contributed by atoms with Gasteiger partial charge in [-0.2, -0.15) is 0 Å². The molecule has 0 aliphatic heterocycles. The summed E-state index contributed by atoms with van der Waals surface area (Å²) >= 11 is 0. The minimum Gasteiger partial charge on any atom is -0.479 e. The molecule has 0 radical (unpaired) electrons. The molecule has 0 saturated heterocycles. The molecule has 6 nitrogen and oxygen atoms in total. The van der Waals surface area contributed by atoms with Gasteiger partial charge in [0.1, 0.15) is 5.82 Å². The Labute approximate surface area is 108 Å². The summed E-state index contributed by atoms with van der Waals surface area (Å²) in [5, 5.41) is 20.3. The second-order valence-electron chi connectivity index (χ2n) is 4.74. The second-order valence-corrected chi connectivity index (χ2v) is 4.74. The summed E-state index contributed by atoms with van der Waals surface area (Å²) in [4.78, 5) is 11.3. The van der Waals surface area contributed by atoms with Gasteiger partial charge >= 0.3 is 5.97 Å². The van der Waals surface area contributed by atoms with Gasteiger partial charge in [0.25, 0.3) is 0 Å². The lowest BCUT2D eigenvalue weighted by atomic mass is 10.0. The largest absolute Gasteiger partial charge is 0.479 e. The van der Waals surface area contributed by atoms with Crippen LogP contribution in [0.15, 0.2) is 18.2 Å². The third-order valence-electron chi connectivity index (χ3n) is 2.95. The standard InChI is InChI=1S/C12H13FN4O2/c1-7-6-8(13)4-5-9(7)10-14-15-16-17(10)12(2,3)11(18)19/h4-6H,1-3H3,(H,18,19). The Balaban J connectivity index is 2.60. The average molecular weight is 264 g/mol. The number of hydrogen-bond donors (Lipinski definition) is 1. The van der Waals surface area contributed by atoms with Crippen molar-refractivity contribution in [2.45, 2.75) is 26.3 Å². The molecular weight excluding hydrogens is 251 g/mol. The normalized spacial score (nSPS) is 11.6. The van der Waals surface area contributed by atoms with Crippen LogP contribution in [0.25, 0.3) is 11.4 Å². The molecule has 100 valence electrons. The molecule has 1 aromatic heterocycles. The van der Waals surface area contributed by atoms with Crippen molar-refractivity contribution < 1.29 is 14.3 Å². The predicted octanol–water partition coefficient (Wildman–Crippen LogP) is 1.61. The minimum atomic E-state index is -1.29. The van der Waals surface area contributed by atoms with Crippen LogP contribution in [0.2, 0.25) is 0 Å². The van der Waals surface area contributed by atoms with E-state index in [1.54, 1.807) is 6.92 Å². The van der Waals surface area contributed by atoms with E-state index >= 15 is 0 Å². The van der Waals surface area contributed by atoms with Crippen molar-refractivity contribution in [2.75, 3.05) is 0 Å². The molecule has 0 spiro atoms. The molecule has 0 aliphatic rings. The highest BCUT2D eigenvalue weighted by Gasteiger charge is 2.34. The molecule has 2 rings (SSSR count). The lowest BCUT2D eigenvalue weighted by Gasteiger charge is -2.20. The second kappa shape index (κ2) is 4.42. The van der Waals surface area contributed by atoms with E-state index in [9.17, 15) is 14.3 Å². The van der Waals surface area contributed by atoms with Crippen LogP contribution in [0.4, 0.5) is 4.39 Å². The van der Waals surface area contributed by atoms with Gasteiger partial charge in [0, 0.05) is 5.56 Å². The van der Waals surface area contributed by atoms with Crippen LogP contribution in [0.1, 0.15) is 19.4 Å². The Morgan fingerprint density at radius 3 is 2.68 bits per heavy atom. The van der Waals surface area contributed by atoms with Gasteiger partial charge in [-0.15, -0.1) is 5.10 Å². The van der Waals surface area contributed by atoms with E-state index < -0.39 is 11.5 Å². The number of benzene rings is 1. The summed E-state index contributed by atoms with van der Waals surface area (Å²) in [5.74, 6) is -1.12. The topological polar surface area (TPSA) is 80.9 Å². The fourth-order valence-corrected chi connectivity index (χ4v) is 1.70. The zero-order valence-corrected chi connectivity index (χ0v) is 10.8. The number of rotatable bonds is 3. The van der Waals surface area contributed by atoms with Crippen LogP contribution in [0.5, 0.6) is 0 Å². The molecule has 2 aromatic rings. The van der Waals surface area contributed by atoms with Gasteiger partial charge in [0.15, 0.2) is 11.4 Å². The van der Waals surface area contributed by atoms with Gasteiger partial charge in [-0.1, -0.05) is 0 Å². The Morgan fingerprint density at radius 1 is 1.42 bits per heavy atom. The number of tetrazole rings is 1. The summed E-state index contributed by atoms with van der Waals surface area (Å²) in [6.45, 7) is 4.70. The number of halogens is 1. The molecule has 1 heterocycles. The third kappa shape index (κ3) is 2.18. The van der Waals surface area contributed by atoms with E-state index in [2.05, 4.69) is 15.5 Å². The van der Waals surface area contributed by atoms with Gasteiger partial charge < -0.3 is 5.11 Å². The highest BCUT2D eigenvalue weighted by molar-refractivity contribution is 5.76. The smallest absolute Gasteiger partial charge is 0.331 e. The van der Waals surface area contributed by atoms with Gasteiger partial charge in [0.2, 0.25) is 0 Å². The number of aromatic nitrogens is 4. The molecule has 0 bridgehead atoms. The molecule has 19 heavy (non-hydrogen) atoms. The lowest BCUT2D eigenvalue weighted by molar-refractivity contribution is -0.146. The average Bonchev–Trinajstić information content (AvgIpc) is 2.78. The summed E-state index contributed by atoms with van der Waals surface area (Å²) in [6, 6.07) is 4.17. The highest BCUT2D eigenvalue weighted by atomic mass is 19.1. The Morgan fingerprint density at radius 2 is 2.11 bits per heavy atom.